The molecule has 6 nitrogen and oxygen atoms in total. The highest BCUT2D eigenvalue weighted by Crippen LogP contribution is 2.27. The Bertz CT molecular complexity index is 1130. The quantitative estimate of drug-likeness (QED) is 0.531. The van der Waals surface area contributed by atoms with Crippen molar-refractivity contribution in [3.05, 3.63) is 71.1 Å². The second-order valence-electron chi connectivity index (χ2n) is 6.40. The van der Waals surface area contributed by atoms with Crippen molar-refractivity contribution < 1.29 is 9.21 Å². The van der Waals surface area contributed by atoms with Gasteiger partial charge in [-0.2, -0.15) is 0 Å². The minimum absolute atomic E-state index is 0.127. The molecule has 0 saturated heterocycles. The summed E-state index contributed by atoms with van der Waals surface area (Å²) in [6, 6.07) is 17.3. The van der Waals surface area contributed by atoms with Gasteiger partial charge in [-0.25, -0.2) is 0 Å². The Morgan fingerprint density at radius 3 is 2.71 bits per heavy atom. The predicted molar refractivity (Wildman–Crippen MR) is 108 cm³/mol. The second kappa shape index (κ2) is 7.86. The van der Waals surface area contributed by atoms with Crippen LogP contribution in [0.1, 0.15) is 18.4 Å². The lowest BCUT2D eigenvalue weighted by atomic mass is 10.2. The van der Waals surface area contributed by atoms with Gasteiger partial charge in [0.15, 0.2) is 0 Å². The molecule has 0 unspecified atom stereocenters. The number of aromatic nitrogens is 3. The minimum atomic E-state index is -0.127. The van der Waals surface area contributed by atoms with E-state index >= 15 is 0 Å². The van der Waals surface area contributed by atoms with E-state index in [0.29, 0.717) is 29.8 Å². The van der Waals surface area contributed by atoms with Crippen LogP contribution in [-0.4, -0.2) is 20.7 Å². The molecule has 7 heteroatoms. The Morgan fingerprint density at radius 2 is 1.93 bits per heavy atom. The molecular formula is C21H19ClN4O2. The molecule has 0 bridgehead atoms. The number of carbonyl (C=O) groups excluding carboxylic acids is 1. The van der Waals surface area contributed by atoms with Gasteiger partial charge in [0, 0.05) is 28.9 Å². The van der Waals surface area contributed by atoms with E-state index in [2.05, 4.69) is 15.5 Å². The number of hydrogen-bond acceptors (Lipinski definition) is 4. The molecule has 28 heavy (non-hydrogen) atoms. The number of rotatable bonds is 6. The van der Waals surface area contributed by atoms with Crippen LogP contribution in [-0.2, 0) is 24.3 Å². The Kier molecular flexibility index (Phi) is 5.12. The van der Waals surface area contributed by atoms with Crippen molar-refractivity contribution in [1.82, 2.24) is 20.1 Å². The molecule has 0 atom stereocenters. The molecule has 2 aromatic heterocycles. The van der Waals surface area contributed by atoms with E-state index in [4.69, 9.17) is 16.0 Å². The van der Waals surface area contributed by atoms with Gasteiger partial charge in [0.1, 0.15) is 12.2 Å². The average Bonchev–Trinajstić information content (AvgIpc) is 3.32. The molecule has 0 radical (unpaired) electrons. The number of fused-ring (bicyclic) bond motifs is 1. The van der Waals surface area contributed by atoms with Crippen molar-refractivity contribution in [2.24, 2.45) is 0 Å². The summed E-state index contributed by atoms with van der Waals surface area (Å²) < 4.78 is 7.62. The lowest BCUT2D eigenvalue weighted by Crippen LogP contribution is -2.27. The zero-order valence-electron chi connectivity index (χ0n) is 15.4. The van der Waals surface area contributed by atoms with E-state index in [1.54, 1.807) is 0 Å². The van der Waals surface area contributed by atoms with Crippen molar-refractivity contribution in [2.45, 2.75) is 26.4 Å². The van der Waals surface area contributed by atoms with E-state index in [9.17, 15) is 4.79 Å². The van der Waals surface area contributed by atoms with E-state index in [-0.39, 0.29) is 12.5 Å². The number of hydrogen-bond donors (Lipinski definition) is 1. The fraction of sp³-hybridized carbons (Fsp3) is 0.190. The fourth-order valence-corrected chi connectivity index (χ4v) is 3.30. The second-order valence-corrected chi connectivity index (χ2v) is 6.80. The number of amides is 1. The number of nitrogens with zero attached hydrogens (tertiary/aromatic N) is 3. The molecule has 0 saturated carbocycles. The summed E-state index contributed by atoms with van der Waals surface area (Å²) in [5, 5.41) is 12.7. The molecule has 0 fully saturated rings. The fourth-order valence-electron chi connectivity index (χ4n) is 3.09. The summed E-state index contributed by atoms with van der Waals surface area (Å²) in [5.74, 6) is 0.847. The SMILES string of the molecule is CCc1nnc(-c2cc3ccccc3n2CC(=O)NCc2ccccc2Cl)o1. The number of aryl methyl sites for hydroxylation is 1. The Balaban J connectivity index is 1.61. The first-order valence-corrected chi connectivity index (χ1v) is 9.44. The maximum atomic E-state index is 12.6. The van der Waals surface area contributed by atoms with Crippen molar-refractivity contribution >= 4 is 28.4 Å². The van der Waals surface area contributed by atoms with Crippen molar-refractivity contribution in [3.8, 4) is 11.6 Å². The first-order valence-electron chi connectivity index (χ1n) is 9.07. The third-order valence-electron chi connectivity index (χ3n) is 4.53. The molecule has 0 aliphatic carbocycles. The van der Waals surface area contributed by atoms with Crippen LogP contribution in [0.4, 0.5) is 0 Å². The number of para-hydroxylation sites is 1. The predicted octanol–water partition coefficient (Wildman–Crippen LogP) is 4.22. The van der Waals surface area contributed by atoms with Crippen molar-refractivity contribution in [1.29, 1.82) is 0 Å². The molecule has 4 rings (SSSR count). The molecule has 1 amide bonds. The van der Waals surface area contributed by atoms with Gasteiger partial charge in [-0.05, 0) is 23.8 Å². The highest BCUT2D eigenvalue weighted by atomic mass is 35.5. The molecule has 0 spiro atoms. The molecule has 2 aromatic carbocycles. The molecule has 1 N–H and O–H groups in total. The molecule has 0 aliphatic heterocycles. The lowest BCUT2D eigenvalue weighted by Gasteiger charge is -2.10. The summed E-state index contributed by atoms with van der Waals surface area (Å²) in [4.78, 5) is 12.6. The van der Waals surface area contributed by atoms with Crippen LogP contribution >= 0.6 is 11.6 Å². The first kappa shape index (κ1) is 18.3. The monoisotopic (exact) mass is 394 g/mol. The van der Waals surface area contributed by atoms with Gasteiger partial charge < -0.3 is 14.3 Å². The third-order valence-corrected chi connectivity index (χ3v) is 4.90. The topological polar surface area (TPSA) is 73.0 Å². The number of nitrogens with one attached hydrogen (secondary N) is 1. The standard InChI is InChI=1S/C21H19ClN4O2/c1-2-20-24-25-21(28-20)18-11-14-7-4-6-10-17(14)26(18)13-19(27)23-12-15-8-3-5-9-16(15)22/h3-11H,2,12-13H2,1H3,(H,23,27). The number of carbonyl (C=O) groups is 1. The van der Waals surface area contributed by atoms with Gasteiger partial charge >= 0.3 is 0 Å². The first-order chi connectivity index (χ1) is 13.7. The van der Waals surface area contributed by atoms with Gasteiger partial charge in [-0.3, -0.25) is 4.79 Å². The summed E-state index contributed by atoms with van der Waals surface area (Å²) in [5.41, 5.74) is 2.53. The van der Waals surface area contributed by atoms with Gasteiger partial charge in [-0.1, -0.05) is 54.9 Å². The van der Waals surface area contributed by atoms with E-state index in [0.717, 1.165) is 22.2 Å². The van der Waals surface area contributed by atoms with Crippen LogP contribution in [0.15, 0.2) is 59.0 Å². The molecule has 4 aromatic rings. The Hall–Kier alpha value is -3.12. The Morgan fingerprint density at radius 1 is 1.14 bits per heavy atom. The summed E-state index contributed by atoms with van der Waals surface area (Å²) >= 11 is 6.17. The van der Waals surface area contributed by atoms with Crippen LogP contribution in [0.5, 0.6) is 0 Å². The summed E-state index contributed by atoms with van der Waals surface area (Å²) in [7, 11) is 0. The maximum Gasteiger partial charge on any atom is 0.264 e. The Labute approximate surface area is 167 Å². The highest BCUT2D eigenvalue weighted by Gasteiger charge is 2.18. The van der Waals surface area contributed by atoms with Crippen LogP contribution in [0.25, 0.3) is 22.5 Å². The minimum Gasteiger partial charge on any atom is -0.419 e. The van der Waals surface area contributed by atoms with Gasteiger partial charge in [-0.15, -0.1) is 10.2 Å². The van der Waals surface area contributed by atoms with Gasteiger partial charge in [0.25, 0.3) is 5.89 Å². The van der Waals surface area contributed by atoms with Crippen molar-refractivity contribution in [3.63, 3.8) is 0 Å². The summed E-state index contributed by atoms with van der Waals surface area (Å²) in [6.45, 7) is 2.46. The van der Waals surface area contributed by atoms with Gasteiger partial charge in [0.2, 0.25) is 11.8 Å². The van der Waals surface area contributed by atoms with Gasteiger partial charge in [0.05, 0.1) is 0 Å². The van der Waals surface area contributed by atoms with Crippen LogP contribution < -0.4 is 5.32 Å². The van der Waals surface area contributed by atoms with Crippen LogP contribution in [0, 0.1) is 0 Å². The lowest BCUT2D eigenvalue weighted by molar-refractivity contribution is -0.121. The maximum absolute atomic E-state index is 12.6. The van der Waals surface area contributed by atoms with Crippen LogP contribution in [0.2, 0.25) is 5.02 Å². The highest BCUT2D eigenvalue weighted by molar-refractivity contribution is 6.31. The normalized spacial score (nSPS) is 11.1. The summed E-state index contributed by atoms with van der Waals surface area (Å²) in [6.07, 6.45) is 0.658. The zero-order chi connectivity index (χ0) is 19.5. The molecule has 0 aliphatic rings. The van der Waals surface area contributed by atoms with Crippen molar-refractivity contribution in [2.75, 3.05) is 0 Å². The third kappa shape index (κ3) is 3.64. The average molecular weight is 395 g/mol. The zero-order valence-corrected chi connectivity index (χ0v) is 16.1. The molecule has 2 heterocycles. The molecule has 142 valence electrons. The van der Waals surface area contributed by atoms with E-state index in [1.807, 2.05) is 66.1 Å². The smallest absolute Gasteiger partial charge is 0.264 e. The number of halogens is 1. The van der Waals surface area contributed by atoms with E-state index in [1.165, 1.54) is 0 Å². The molecular weight excluding hydrogens is 376 g/mol. The number of benzene rings is 2. The van der Waals surface area contributed by atoms with Crippen LogP contribution in [0.3, 0.4) is 0 Å². The van der Waals surface area contributed by atoms with E-state index < -0.39 is 0 Å². The largest absolute Gasteiger partial charge is 0.419 e.